The zero-order valence-corrected chi connectivity index (χ0v) is 31.4. The number of carbonyl (C=O) groups is 1. The van der Waals surface area contributed by atoms with E-state index in [4.69, 9.17) is 22.4 Å². The highest BCUT2D eigenvalue weighted by molar-refractivity contribution is 6.87. The summed E-state index contributed by atoms with van der Waals surface area (Å²) in [5.41, 5.74) is 3.27. The lowest BCUT2D eigenvalue weighted by Gasteiger charge is -2.38. The summed E-state index contributed by atoms with van der Waals surface area (Å²) in [7, 11) is -4.21. The number of methoxy groups -OCH3 is 1. The van der Waals surface area contributed by atoms with Crippen LogP contribution in [0, 0.1) is 0 Å². The monoisotopic (exact) mass is 652 g/mol. The van der Waals surface area contributed by atoms with Crippen LogP contribution in [0.25, 0.3) is 0 Å². The molecule has 0 aliphatic carbocycles. The first-order chi connectivity index (χ1) is 20.6. The highest BCUT2D eigenvalue weighted by Crippen LogP contribution is 2.33. The number of aryl methyl sites for hydroxylation is 1. The van der Waals surface area contributed by atoms with Crippen molar-refractivity contribution in [3.63, 3.8) is 0 Å². The van der Waals surface area contributed by atoms with Crippen LogP contribution in [0.2, 0.25) is 51.4 Å². The molecule has 0 radical (unpaired) electrons. The van der Waals surface area contributed by atoms with E-state index in [9.17, 15) is 4.79 Å². The maximum Gasteiger partial charge on any atom is 0.519 e. The Kier molecular flexibility index (Phi) is 12.2. The molecule has 0 fully saturated rings. The predicted molar refractivity (Wildman–Crippen MR) is 187 cm³/mol. The van der Waals surface area contributed by atoms with Crippen LogP contribution in [-0.4, -0.2) is 38.5 Å². The molecular formula is C35H52O6Si3. The van der Waals surface area contributed by atoms with E-state index in [1.54, 1.807) is 25.3 Å². The summed E-state index contributed by atoms with van der Waals surface area (Å²) in [5, 5.41) is 0. The van der Waals surface area contributed by atoms with E-state index in [0.717, 1.165) is 42.5 Å². The number of ether oxygens (including phenoxy) is 3. The Labute approximate surface area is 268 Å². The van der Waals surface area contributed by atoms with E-state index >= 15 is 0 Å². The largest absolute Gasteiger partial charge is 0.519 e. The van der Waals surface area contributed by atoms with E-state index in [1.807, 2.05) is 42.5 Å². The standard InChI is InChI=1S/C35H52O6Si3/c1-11-25-42(5,6)40-44(9,10)41-43(7,8)26-15-16-28-19-24-32(33(27-28)37-4)39-34(36)38-31-22-20-30(21-23-31)35(2,3)29-17-13-12-14-18-29/h12-14,17-24,27H,11,15-16,25-26H2,1-10H3. The molecule has 0 saturated carbocycles. The van der Waals surface area contributed by atoms with Gasteiger partial charge in [0.1, 0.15) is 5.75 Å². The molecule has 0 aliphatic rings. The number of rotatable bonds is 15. The lowest BCUT2D eigenvalue weighted by molar-refractivity contribution is 0.150. The van der Waals surface area contributed by atoms with Gasteiger partial charge in [-0.3, -0.25) is 0 Å². The molecule has 44 heavy (non-hydrogen) atoms. The molecule has 6 nitrogen and oxygen atoms in total. The molecule has 0 aromatic heterocycles. The third-order valence-corrected chi connectivity index (χ3v) is 19.4. The predicted octanol–water partition coefficient (Wildman–Crippen LogP) is 10.1. The van der Waals surface area contributed by atoms with Gasteiger partial charge in [0, 0.05) is 5.41 Å². The van der Waals surface area contributed by atoms with Crippen LogP contribution in [0.4, 0.5) is 4.79 Å². The number of hydrogen-bond acceptors (Lipinski definition) is 6. The molecule has 0 aliphatic heterocycles. The van der Waals surface area contributed by atoms with Crippen molar-refractivity contribution in [3.8, 4) is 17.2 Å². The van der Waals surface area contributed by atoms with Crippen molar-refractivity contribution >= 4 is 31.4 Å². The number of benzene rings is 3. The van der Waals surface area contributed by atoms with E-state index in [1.165, 1.54) is 5.56 Å². The van der Waals surface area contributed by atoms with Crippen LogP contribution in [0.15, 0.2) is 72.8 Å². The minimum atomic E-state index is -2.19. The Balaban J connectivity index is 1.54. The molecule has 0 N–H and O–H groups in total. The van der Waals surface area contributed by atoms with Gasteiger partial charge in [0.05, 0.1) is 7.11 Å². The molecule has 3 aromatic carbocycles. The molecule has 3 rings (SSSR count). The Morgan fingerprint density at radius 3 is 1.91 bits per heavy atom. The van der Waals surface area contributed by atoms with E-state index in [-0.39, 0.29) is 5.41 Å². The fourth-order valence-corrected chi connectivity index (χ4v) is 20.1. The van der Waals surface area contributed by atoms with Gasteiger partial charge in [0.15, 0.2) is 28.1 Å². The second kappa shape index (κ2) is 15.1. The van der Waals surface area contributed by atoms with Gasteiger partial charge in [-0.1, -0.05) is 75.7 Å². The Morgan fingerprint density at radius 2 is 1.32 bits per heavy atom. The van der Waals surface area contributed by atoms with Crippen molar-refractivity contribution in [2.45, 2.75) is 96.8 Å². The Morgan fingerprint density at radius 1 is 0.727 bits per heavy atom. The number of carbonyl (C=O) groups excluding carboxylic acids is 1. The van der Waals surface area contributed by atoms with E-state index in [2.05, 4.69) is 72.2 Å². The van der Waals surface area contributed by atoms with Crippen LogP contribution < -0.4 is 14.2 Å². The second-order valence-electron chi connectivity index (χ2n) is 13.7. The van der Waals surface area contributed by atoms with Gasteiger partial charge in [-0.05, 0) is 105 Å². The van der Waals surface area contributed by atoms with Gasteiger partial charge in [-0.15, -0.1) is 0 Å². The molecule has 0 spiro atoms. The van der Waals surface area contributed by atoms with Crippen LogP contribution in [0.5, 0.6) is 17.2 Å². The first-order valence-electron chi connectivity index (χ1n) is 15.7. The van der Waals surface area contributed by atoms with Crippen molar-refractivity contribution in [3.05, 3.63) is 89.5 Å². The zero-order valence-electron chi connectivity index (χ0n) is 28.4. The highest BCUT2D eigenvalue weighted by atomic mass is 28.5. The minimum absolute atomic E-state index is 0.181. The molecule has 0 amide bonds. The fraction of sp³-hybridized carbons (Fsp3) is 0.457. The normalized spacial score (nSPS) is 12.6. The van der Waals surface area contributed by atoms with Crippen LogP contribution in [0.1, 0.15) is 50.3 Å². The molecule has 0 unspecified atom stereocenters. The van der Waals surface area contributed by atoms with E-state index in [0.29, 0.717) is 17.2 Å². The van der Waals surface area contributed by atoms with Gasteiger partial charge in [-0.25, -0.2) is 4.79 Å². The van der Waals surface area contributed by atoms with Crippen molar-refractivity contribution in [2.24, 2.45) is 0 Å². The van der Waals surface area contributed by atoms with Gasteiger partial charge in [0.25, 0.3) is 0 Å². The molecule has 9 heteroatoms. The third-order valence-electron chi connectivity index (χ3n) is 7.83. The van der Waals surface area contributed by atoms with Crippen LogP contribution in [0.3, 0.4) is 0 Å². The highest BCUT2D eigenvalue weighted by Gasteiger charge is 2.39. The third kappa shape index (κ3) is 10.7. The van der Waals surface area contributed by atoms with Gasteiger partial charge in [-0.2, -0.15) is 0 Å². The molecule has 0 atom stereocenters. The average molecular weight is 653 g/mol. The SMILES string of the molecule is CCC[Si](C)(C)O[Si](C)(C)O[Si](C)(C)CCCc1ccc(OC(=O)Oc2ccc(C(C)(C)c3ccccc3)cc2)c(OC)c1. The molecule has 0 bridgehead atoms. The topological polar surface area (TPSA) is 63.2 Å². The summed E-state index contributed by atoms with van der Waals surface area (Å²) < 4.78 is 29.9. The summed E-state index contributed by atoms with van der Waals surface area (Å²) in [6.45, 7) is 20.1. The quantitative estimate of drug-likeness (QED) is 0.0925. The number of hydrogen-bond donors (Lipinski definition) is 0. The summed E-state index contributed by atoms with van der Waals surface area (Å²) in [6, 6.07) is 25.7. The van der Waals surface area contributed by atoms with Gasteiger partial charge in [0.2, 0.25) is 0 Å². The molecule has 3 aromatic rings. The fourth-order valence-electron chi connectivity index (χ4n) is 5.89. The molecule has 0 saturated heterocycles. The van der Waals surface area contributed by atoms with Crippen molar-refractivity contribution in [1.29, 1.82) is 0 Å². The van der Waals surface area contributed by atoms with Gasteiger partial charge < -0.3 is 22.4 Å². The first kappa shape index (κ1) is 35.8. The van der Waals surface area contributed by atoms with Crippen LogP contribution in [-0.2, 0) is 20.1 Å². The first-order valence-corrected chi connectivity index (χ1v) is 24.7. The molecule has 240 valence electrons. The second-order valence-corrected chi connectivity index (χ2v) is 26.2. The maximum absolute atomic E-state index is 12.6. The molecule has 0 heterocycles. The maximum atomic E-state index is 12.6. The summed E-state index contributed by atoms with van der Waals surface area (Å²) in [5.74, 6) is 1.24. The van der Waals surface area contributed by atoms with Crippen molar-refractivity contribution in [2.75, 3.05) is 7.11 Å². The summed E-state index contributed by atoms with van der Waals surface area (Å²) in [6.07, 6.45) is 2.23. The lowest BCUT2D eigenvalue weighted by Crippen LogP contribution is -2.52. The minimum Gasteiger partial charge on any atom is -0.493 e. The molecular weight excluding hydrogens is 601 g/mol. The summed E-state index contributed by atoms with van der Waals surface area (Å²) in [4.78, 5) is 12.6. The van der Waals surface area contributed by atoms with Crippen molar-refractivity contribution < 1.29 is 27.2 Å². The van der Waals surface area contributed by atoms with E-state index < -0.39 is 31.4 Å². The zero-order chi connectivity index (χ0) is 32.6. The lowest BCUT2D eigenvalue weighted by atomic mass is 9.78. The smallest absolute Gasteiger partial charge is 0.493 e. The Hall–Kier alpha value is -2.70. The average Bonchev–Trinajstić information content (AvgIpc) is 2.93. The van der Waals surface area contributed by atoms with Crippen molar-refractivity contribution in [1.82, 2.24) is 0 Å². The van der Waals surface area contributed by atoms with Crippen LogP contribution >= 0.6 is 0 Å². The Bertz CT molecular complexity index is 1350. The van der Waals surface area contributed by atoms with Gasteiger partial charge >= 0.3 is 14.7 Å². The summed E-state index contributed by atoms with van der Waals surface area (Å²) >= 11 is 0.